The van der Waals surface area contributed by atoms with E-state index in [9.17, 15) is 9.59 Å². The molecule has 2 N–H and O–H groups in total. The number of hydrogen-bond donors (Lipinski definition) is 2. The Labute approximate surface area is 102 Å². The molecule has 1 aliphatic heterocycles. The van der Waals surface area contributed by atoms with Gasteiger partial charge in [0.2, 0.25) is 5.91 Å². The van der Waals surface area contributed by atoms with Crippen molar-refractivity contribution in [2.45, 2.75) is 39.2 Å². The highest BCUT2D eigenvalue weighted by atomic mass is 16.5. The predicted octanol–water partition coefficient (Wildman–Crippen LogP) is 1.03. The molecular weight excluding hydrogens is 222 g/mol. The summed E-state index contributed by atoms with van der Waals surface area (Å²) in [4.78, 5) is 23.0. The van der Waals surface area contributed by atoms with E-state index in [0.717, 1.165) is 19.3 Å². The molecule has 1 amide bonds. The van der Waals surface area contributed by atoms with Gasteiger partial charge in [-0.25, -0.2) is 4.79 Å². The Bertz CT molecular complexity index is 274. The molecule has 3 unspecified atom stereocenters. The average molecular weight is 243 g/mol. The van der Waals surface area contributed by atoms with Crippen molar-refractivity contribution in [3.05, 3.63) is 0 Å². The SMILES string of the molecule is CCC(C)C(NC(=O)C1CCCOC1)C(=O)O. The first-order chi connectivity index (χ1) is 8.06. The predicted molar refractivity (Wildman–Crippen MR) is 62.6 cm³/mol. The molecule has 0 bridgehead atoms. The first-order valence-corrected chi connectivity index (χ1v) is 6.17. The van der Waals surface area contributed by atoms with Gasteiger partial charge in [-0.05, 0) is 18.8 Å². The molecule has 1 heterocycles. The number of carboxylic acids is 1. The lowest BCUT2D eigenvalue weighted by molar-refractivity contribution is -0.144. The Balaban J connectivity index is 2.53. The number of hydrogen-bond acceptors (Lipinski definition) is 3. The normalized spacial score (nSPS) is 23.8. The third-order valence-electron chi connectivity index (χ3n) is 3.31. The van der Waals surface area contributed by atoms with Crippen LogP contribution in [0.5, 0.6) is 0 Å². The van der Waals surface area contributed by atoms with Crippen LogP contribution in [0.4, 0.5) is 0 Å². The third kappa shape index (κ3) is 4.00. The van der Waals surface area contributed by atoms with Crippen molar-refractivity contribution < 1.29 is 19.4 Å². The summed E-state index contributed by atoms with van der Waals surface area (Å²) in [6, 6.07) is -0.797. The van der Waals surface area contributed by atoms with Crippen LogP contribution in [-0.2, 0) is 14.3 Å². The van der Waals surface area contributed by atoms with Crippen LogP contribution in [0.15, 0.2) is 0 Å². The summed E-state index contributed by atoms with van der Waals surface area (Å²) in [5, 5.41) is 11.7. The quantitative estimate of drug-likeness (QED) is 0.756. The van der Waals surface area contributed by atoms with E-state index in [1.54, 1.807) is 0 Å². The molecule has 5 heteroatoms. The molecule has 1 saturated heterocycles. The highest BCUT2D eigenvalue weighted by Crippen LogP contribution is 2.15. The molecule has 5 nitrogen and oxygen atoms in total. The Morgan fingerprint density at radius 3 is 2.71 bits per heavy atom. The van der Waals surface area contributed by atoms with E-state index in [-0.39, 0.29) is 17.7 Å². The van der Waals surface area contributed by atoms with Crippen LogP contribution in [0.3, 0.4) is 0 Å². The number of amides is 1. The molecule has 98 valence electrons. The minimum Gasteiger partial charge on any atom is -0.480 e. The summed E-state index contributed by atoms with van der Waals surface area (Å²) < 4.78 is 5.22. The van der Waals surface area contributed by atoms with Gasteiger partial charge < -0.3 is 15.2 Å². The van der Waals surface area contributed by atoms with Crippen LogP contribution in [0.25, 0.3) is 0 Å². The minimum absolute atomic E-state index is 0.0686. The zero-order valence-corrected chi connectivity index (χ0v) is 10.4. The topological polar surface area (TPSA) is 75.6 Å². The number of carbonyl (C=O) groups excluding carboxylic acids is 1. The summed E-state index contributed by atoms with van der Waals surface area (Å²) in [6.07, 6.45) is 2.36. The number of aliphatic carboxylic acids is 1. The first-order valence-electron chi connectivity index (χ1n) is 6.17. The summed E-state index contributed by atoms with van der Waals surface area (Å²) in [6.45, 7) is 4.84. The molecule has 0 aromatic carbocycles. The van der Waals surface area contributed by atoms with Crippen molar-refractivity contribution in [3.8, 4) is 0 Å². The van der Waals surface area contributed by atoms with E-state index >= 15 is 0 Å². The van der Waals surface area contributed by atoms with Gasteiger partial charge in [0.25, 0.3) is 0 Å². The number of nitrogens with one attached hydrogen (secondary N) is 1. The maximum absolute atomic E-state index is 11.9. The summed E-state index contributed by atoms with van der Waals surface area (Å²) >= 11 is 0. The lowest BCUT2D eigenvalue weighted by atomic mass is 9.96. The van der Waals surface area contributed by atoms with Crippen LogP contribution in [0, 0.1) is 11.8 Å². The van der Waals surface area contributed by atoms with E-state index in [2.05, 4.69) is 5.32 Å². The molecule has 1 rings (SSSR count). The second-order valence-electron chi connectivity index (χ2n) is 4.62. The van der Waals surface area contributed by atoms with Gasteiger partial charge in [0, 0.05) is 6.61 Å². The van der Waals surface area contributed by atoms with Crippen molar-refractivity contribution in [2.24, 2.45) is 11.8 Å². The van der Waals surface area contributed by atoms with Crippen molar-refractivity contribution >= 4 is 11.9 Å². The lowest BCUT2D eigenvalue weighted by Gasteiger charge is -2.25. The second-order valence-corrected chi connectivity index (χ2v) is 4.62. The standard InChI is InChI=1S/C12H21NO4/c1-3-8(2)10(12(15)16)13-11(14)9-5-4-6-17-7-9/h8-10H,3-7H2,1-2H3,(H,13,14)(H,15,16). The second kappa shape index (κ2) is 6.59. The van der Waals surface area contributed by atoms with Crippen molar-refractivity contribution in [2.75, 3.05) is 13.2 Å². The van der Waals surface area contributed by atoms with E-state index in [1.165, 1.54) is 0 Å². The number of rotatable bonds is 5. The van der Waals surface area contributed by atoms with Crippen LogP contribution < -0.4 is 5.32 Å². The zero-order chi connectivity index (χ0) is 12.8. The Morgan fingerprint density at radius 1 is 1.53 bits per heavy atom. The molecule has 3 atom stereocenters. The van der Waals surface area contributed by atoms with Crippen molar-refractivity contribution in [1.82, 2.24) is 5.32 Å². The third-order valence-corrected chi connectivity index (χ3v) is 3.31. The van der Waals surface area contributed by atoms with Gasteiger partial charge in [-0.3, -0.25) is 4.79 Å². The fraction of sp³-hybridized carbons (Fsp3) is 0.833. The van der Waals surface area contributed by atoms with E-state index in [4.69, 9.17) is 9.84 Å². The largest absolute Gasteiger partial charge is 0.480 e. The summed E-state index contributed by atoms with van der Waals surface area (Å²) in [7, 11) is 0. The molecule has 1 fully saturated rings. The van der Waals surface area contributed by atoms with Gasteiger partial charge in [0.1, 0.15) is 6.04 Å². The molecule has 0 aromatic rings. The molecule has 0 saturated carbocycles. The van der Waals surface area contributed by atoms with Gasteiger partial charge in [0.05, 0.1) is 12.5 Å². The number of ether oxygens (including phenoxy) is 1. The molecule has 0 radical (unpaired) electrons. The maximum atomic E-state index is 11.9. The molecule has 1 aliphatic rings. The highest BCUT2D eigenvalue weighted by molar-refractivity contribution is 5.85. The van der Waals surface area contributed by atoms with Gasteiger partial charge in [0.15, 0.2) is 0 Å². The lowest BCUT2D eigenvalue weighted by Crippen LogP contribution is -2.48. The van der Waals surface area contributed by atoms with Crippen molar-refractivity contribution in [1.29, 1.82) is 0 Å². The number of carbonyl (C=O) groups is 2. The van der Waals surface area contributed by atoms with E-state index in [1.807, 2.05) is 13.8 Å². The van der Waals surface area contributed by atoms with Gasteiger partial charge in [-0.2, -0.15) is 0 Å². The molecule has 17 heavy (non-hydrogen) atoms. The van der Waals surface area contributed by atoms with Crippen molar-refractivity contribution in [3.63, 3.8) is 0 Å². The Kier molecular flexibility index (Phi) is 5.41. The molecular formula is C12H21NO4. The van der Waals surface area contributed by atoms with Crippen LogP contribution >= 0.6 is 0 Å². The van der Waals surface area contributed by atoms with E-state index < -0.39 is 12.0 Å². The monoisotopic (exact) mass is 243 g/mol. The minimum atomic E-state index is -0.968. The van der Waals surface area contributed by atoms with Crippen LogP contribution in [0.1, 0.15) is 33.1 Å². The fourth-order valence-electron chi connectivity index (χ4n) is 1.90. The smallest absolute Gasteiger partial charge is 0.326 e. The Hall–Kier alpha value is -1.10. The zero-order valence-electron chi connectivity index (χ0n) is 10.4. The van der Waals surface area contributed by atoms with Crippen LogP contribution in [-0.4, -0.2) is 36.2 Å². The first kappa shape index (κ1) is 14.0. The van der Waals surface area contributed by atoms with Gasteiger partial charge >= 0.3 is 5.97 Å². The van der Waals surface area contributed by atoms with Gasteiger partial charge in [-0.1, -0.05) is 20.3 Å². The molecule has 0 aromatic heterocycles. The van der Waals surface area contributed by atoms with Gasteiger partial charge in [-0.15, -0.1) is 0 Å². The number of carboxylic acid groups (broad SMARTS) is 1. The van der Waals surface area contributed by atoms with E-state index in [0.29, 0.717) is 13.2 Å². The summed E-state index contributed by atoms with van der Waals surface area (Å²) in [5.41, 5.74) is 0. The van der Waals surface area contributed by atoms with Crippen LogP contribution in [0.2, 0.25) is 0 Å². The maximum Gasteiger partial charge on any atom is 0.326 e. The molecule has 0 spiro atoms. The highest BCUT2D eigenvalue weighted by Gasteiger charge is 2.29. The summed E-state index contributed by atoms with van der Waals surface area (Å²) in [5.74, 6) is -1.43. The fourth-order valence-corrected chi connectivity index (χ4v) is 1.90. The molecule has 0 aliphatic carbocycles. The average Bonchev–Trinajstić information content (AvgIpc) is 2.35. The Morgan fingerprint density at radius 2 is 2.24 bits per heavy atom.